The molecule has 552 valence electrons. The van der Waals surface area contributed by atoms with Gasteiger partial charge in [-0.05, 0) is 87.8 Å². The van der Waals surface area contributed by atoms with Crippen LogP contribution in [-0.2, 0) is 51.1 Å². The summed E-state index contributed by atoms with van der Waals surface area (Å²) < 4.78 is 12.1. The Morgan fingerprint density at radius 1 is 0.415 bits per heavy atom. The van der Waals surface area contributed by atoms with Crippen LogP contribution >= 0.6 is 47.0 Å². The van der Waals surface area contributed by atoms with Gasteiger partial charge in [-0.3, -0.25) is 19.2 Å². The molecule has 4 N–H and O–H groups in total. The van der Waals surface area contributed by atoms with Gasteiger partial charge in [0, 0.05) is 38.3 Å². The maximum atomic E-state index is 13.2. The molecule has 2 aliphatic rings. The van der Waals surface area contributed by atoms with Gasteiger partial charge >= 0.3 is 0 Å². The van der Waals surface area contributed by atoms with E-state index in [1.54, 1.807) is 23.5 Å². The molecule has 0 aliphatic carbocycles. The van der Waals surface area contributed by atoms with Gasteiger partial charge in [-0.1, -0.05) is 282 Å². The molecule has 18 heteroatoms. The first-order valence-electron chi connectivity index (χ1n) is 35.3. The van der Waals surface area contributed by atoms with Crippen molar-refractivity contribution in [3.63, 3.8) is 0 Å². The molecule has 106 heavy (non-hydrogen) atoms. The number of nitrogens with zero attached hydrogens (tertiary/aromatic N) is 2. The lowest BCUT2D eigenvalue weighted by atomic mass is 10.1. The van der Waals surface area contributed by atoms with Crippen LogP contribution < -0.4 is 10.6 Å². The molecule has 2 saturated heterocycles. The number of rotatable bonds is 26. The van der Waals surface area contributed by atoms with Crippen molar-refractivity contribution < 1.29 is 48.5 Å². The van der Waals surface area contributed by atoms with Gasteiger partial charge in [0.15, 0.2) is 0 Å². The fourth-order valence-corrected chi connectivity index (χ4v) is 14.0. The maximum Gasteiger partial charge on any atom is 0.235 e. The summed E-state index contributed by atoms with van der Waals surface area (Å²) in [4.78, 5) is 77.7. The molecule has 2 fully saturated rings. The van der Waals surface area contributed by atoms with E-state index in [-0.39, 0.29) is 85.3 Å². The number of aliphatic hydroxyl groups excluding tert-OH is 2. The Balaban J connectivity index is 0.000000187. The minimum Gasteiger partial charge on any atom is -0.394 e. The van der Waals surface area contributed by atoms with Crippen molar-refractivity contribution in [1.29, 1.82) is 0 Å². The predicted molar refractivity (Wildman–Crippen MR) is 431 cm³/mol. The lowest BCUT2D eigenvalue weighted by Crippen LogP contribution is -2.41. The summed E-state index contributed by atoms with van der Waals surface area (Å²) in [6.07, 6.45) is 2.66. The fraction of sp³-hybridized carbons (Fsp3) is 0.250. The monoisotopic (exact) mass is 1500 g/mol. The predicted octanol–water partition coefficient (Wildman–Crippen LogP) is 16.8. The zero-order chi connectivity index (χ0) is 75.4. The summed E-state index contributed by atoms with van der Waals surface area (Å²) in [5.41, 5.74) is 6.33. The maximum absolute atomic E-state index is 13.2. The number of aliphatic hydroxyl groups is 2. The Bertz CT molecular complexity index is 3960. The molecule has 0 bridgehead atoms. The van der Waals surface area contributed by atoms with Gasteiger partial charge in [-0.15, -0.1) is 47.0 Å². The summed E-state index contributed by atoms with van der Waals surface area (Å²) in [5, 5.41) is 24.5. The molecule has 0 unspecified atom stereocenters. The molecule has 0 spiro atoms. The number of thioether (sulfide) groups is 4. The second kappa shape index (κ2) is 48.7. The van der Waals surface area contributed by atoms with Gasteiger partial charge in [0.25, 0.3) is 0 Å². The van der Waals surface area contributed by atoms with Gasteiger partial charge < -0.3 is 49.7 Å². The number of benzene rings is 10. The van der Waals surface area contributed by atoms with E-state index in [1.165, 1.54) is 29.1 Å². The summed E-state index contributed by atoms with van der Waals surface area (Å²) in [7, 11) is 0. The number of aldehydes is 2. The summed E-state index contributed by atoms with van der Waals surface area (Å²) >= 11 is 6.12. The van der Waals surface area contributed by atoms with Crippen LogP contribution in [0.25, 0.3) is 0 Å². The smallest absolute Gasteiger partial charge is 0.235 e. The highest BCUT2D eigenvalue weighted by molar-refractivity contribution is 8.00. The van der Waals surface area contributed by atoms with Crippen molar-refractivity contribution in [3.8, 4) is 0 Å². The van der Waals surface area contributed by atoms with E-state index in [9.17, 15) is 39.0 Å². The Hall–Kier alpha value is -9.34. The number of ether oxygens (including phenoxy) is 2. The Labute approximate surface area is 642 Å². The Morgan fingerprint density at radius 3 is 1.06 bits per heavy atom. The highest BCUT2D eigenvalue weighted by Crippen LogP contribution is 2.36. The third-order valence-corrected chi connectivity index (χ3v) is 20.2. The zero-order valence-corrected chi connectivity index (χ0v) is 63.7. The number of carbonyl (C=O) groups excluding carboxylic acids is 6. The van der Waals surface area contributed by atoms with Crippen LogP contribution in [-0.4, -0.2) is 118 Å². The average Bonchev–Trinajstić information content (AvgIpc) is 1.65. The second-order valence-corrected chi connectivity index (χ2v) is 29.2. The van der Waals surface area contributed by atoms with Crippen LogP contribution in [0.3, 0.4) is 0 Å². The topological polar surface area (TPSA) is 192 Å². The molecule has 0 saturated carbocycles. The molecule has 12 rings (SSSR count). The fourth-order valence-electron chi connectivity index (χ4n) is 10.9. The number of carbonyl (C=O) groups is 6. The van der Waals surface area contributed by atoms with Gasteiger partial charge in [0.05, 0.1) is 73.6 Å². The molecular formula is C88H96N4O10S4. The molecular weight excluding hydrogens is 1400 g/mol. The molecule has 6 atom stereocenters. The first kappa shape index (κ1) is 83.9. The van der Waals surface area contributed by atoms with Crippen LogP contribution in [0.2, 0.25) is 0 Å². The van der Waals surface area contributed by atoms with E-state index in [2.05, 4.69) is 60.9 Å². The lowest BCUT2D eigenvalue weighted by Gasteiger charge is -2.30. The molecule has 0 radical (unpaired) electrons. The largest absolute Gasteiger partial charge is 0.394 e. The first-order valence-corrected chi connectivity index (χ1v) is 39.2. The third-order valence-electron chi connectivity index (χ3n) is 16.2. The summed E-state index contributed by atoms with van der Waals surface area (Å²) in [6.45, 7) is 8.79. The van der Waals surface area contributed by atoms with Crippen molar-refractivity contribution in [2.24, 2.45) is 11.8 Å². The molecule has 2 aliphatic heterocycles. The molecule has 10 aromatic carbocycles. The summed E-state index contributed by atoms with van der Waals surface area (Å²) in [6, 6.07) is 98.1. The van der Waals surface area contributed by atoms with Crippen molar-refractivity contribution in [2.45, 2.75) is 96.7 Å². The molecule has 4 amide bonds. The molecule has 0 aromatic heterocycles. The molecule has 2 heterocycles. The van der Waals surface area contributed by atoms with Gasteiger partial charge in [0.2, 0.25) is 23.6 Å². The quantitative estimate of drug-likeness (QED) is 0.0296. The van der Waals surface area contributed by atoms with Crippen LogP contribution in [0.4, 0.5) is 0 Å². The van der Waals surface area contributed by atoms with Crippen molar-refractivity contribution in [2.75, 3.05) is 49.4 Å². The molecule has 10 aromatic rings. The zero-order valence-electron chi connectivity index (χ0n) is 60.4. The van der Waals surface area contributed by atoms with Gasteiger partial charge in [-0.25, -0.2) is 0 Å². The minimum absolute atomic E-state index is 0.00229. The van der Waals surface area contributed by atoms with Crippen molar-refractivity contribution in [1.82, 2.24) is 20.4 Å². The number of hydrogen-bond acceptors (Lipinski definition) is 14. The van der Waals surface area contributed by atoms with Crippen LogP contribution in [0.15, 0.2) is 323 Å². The van der Waals surface area contributed by atoms with Crippen LogP contribution in [0.1, 0.15) is 85.2 Å². The van der Waals surface area contributed by atoms with E-state index < -0.39 is 0 Å². The van der Waals surface area contributed by atoms with Crippen molar-refractivity contribution >= 4 is 83.2 Å². The van der Waals surface area contributed by atoms with E-state index in [0.717, 1.165) is 60.0 Å². The second-order valence-electron chi connectivity index (χ2n) is 25.0. The van der Waals surface area contributed by atoms with Gasteiger partial charge in [0.1, 0.15) is 25.0 Å². The number of hydrogen-bond donors (Lipinski definition) is 4. The minimum atomic E-state index is -0.347. The van der Waals surface area contributed by atoms with Crippen LogP contribution in [0.5, 0.6) is 0 Å². The average molecular weight is 1500 g/mol. The third kappa shape index (κ3) is 30.3. The SMILES string of the molecule is CC(C)C=O.CC(C)[C@@H]1OC[C@H](c2ccccc2)N1C(=O)CSc1ccccc1.O=C(CSc1ccccc1)N1[C@H](Cc2ccccc2)OC[C@@H]1c1ccccc1.O=C(CSc1ccccc1)N[C@H](CO)c1ccccc1.O=C(CSc1ccccc1)N[C@H](CO)c1ccccc1.O=CCc1ccccc1. The standard InChI is InChI=1S/C24H23NO2S.C20H23NO2S.2C16H17NO2S.C8H8O.C4H8O/c26-23(18-28-21-14-8-3-9-15-21)25-22(20-12-6-2-7-13-20)17-27-24(25)16-19-10-4-1-5-11-19;1-15(2)20-21(18(13-23-20)16-9-5-3-6-10-16)19(22)14-24-17-11-7-4-8-12-17;2*18-11-15(13-7-3-1-4-8-13)17-16(19)12-20-14-9-5-2-6-10-14;9-7-6-8-4-2-1-3-5-8;1-4(2)3-5/h1-15,22,24H,16-18H2;3-12,15,18,20H,13-14H2,1-2H3;2*1-10,15,18H,11-12H2,(H,17,19);1-5,7H,6H2;3-4H,1-2H3/t22-,24+;18-,20+;2*15-;;/m1111../s1. The Morgan fingerprint density at radius 2 is 0.717 bits per heavy atom. The van der Waals surface area contributed by atoms with E-state index in [0.29, 0.717) is 49.1 Å². The highest BCUT2D eigenvalue weighted by atomic mass is 32.2. The number of amides is 4. The van der Waals surface area contributed by atoms with E-state index in [1.807, 2.05) is 291 Å². The van der Waals surface area contributed by atoms with Crippen LogP contribution in [0, 0.1) is 11.8 Å². The van der Waals surface area contributed by atoms with Crippen molar-refractivity contribution in [3.05, 3.63) is 337 Å². The van der Waals surface area contributed by atoms with Gasteiger partial charge in [-0.2, -0.15) is 0 Å². The van der Waals surface area contributed by atoms with E-state index >= 15 is 0 Å². The Kier molecular flexibility index (Phi) is 38.6. The first-order chi connectivity index (χ1) is 51.8. The normalized spacial score (nSPS) is 15.3. The highest BCUT2D eigenvalue weighted by Gasteiger charge is 2.41. The number of nitrogens with one attached hydrogen (secondary N) is 2. The lowest BCUT2D eigenvalue weighted by molar-refractivity contribution is -0.137. The summed E-state index contributed by atoms with van der Waals surface area (Å²) in [5.74, 6) is 2.07. The van der Waals surface area contributed by atoms with E-state index in [4.69, 9.17) is 9.47 Å². The molecule has 14 nitrogen and oxygen atoms in total.